The lowest BCUT2D eigenvalue weighted by molar-refractivity contribution is -0.160. The summed E-state index contributed by atoms with van der Waals surface area (Å²) in [6.45, 7) is 7.72. The van der Waals surface area contributed by atoms with Gasteiger partial charge < -0.3 is 9.84 Å². The molecule has 1 saturated carbocycles. The van der Waals surface area contributed by atoms with Crippen LogP contribution in [0.25, 0.3) is 17.2 Å². The molecule has 6 unspecified atom stereocenters. The van der Waals surface area contributed by atoms with Crippen LogP contribution in [0.5, 0.6) is 0 Å². The van der Waals surface area contributed by atoms with Gasteiger partial charge in [-0.2, -0.15) is 0 Å². The summed E-state index contributed by atoms with van der Waals surface area (Å²) in [4.78, 5) is 29.0. The number of carbonyl (C=O) groups is 2. The summed E-state index contributed by atoms with van der Waals surface area (Å²) in [7, 11) is 0. The third-order valence-corrected chi connectivity index (χ3v) is 7.34. The van der Waals surface area contributed by atoms with Gasteiger partial charge >= 0.3 is 5.97 Å². The summed E-state index contributed by atoms with van der Waals surface area (Å²) in [5, 5.41) is 11.2. The standard InChI is InChI=1S/C27H31NO4/c1-5-21-16(2)14-27(31)25(18(4)32-26(27)30)24(21)13-12-20-11-10-19(15-28-20)23-9-7-6-8-22(23)17(3)29/h6-13,15-16,18,21,24-25,31H,5,14H2,1-4H3/b13-12+. The van der Waals surface area contributed by atoms with Gasteiger partial charge in [0.1, 0.15) is 6.10 Å². The number of hydrogen-bond acceptors (Lipinski definition) is 5. The number of allylic oxidation sites excluding steroid dienone is 1. The number of ketones is 1. The first-order chi connectivity index (χ1) is 15.3. The van der Waals surface area contributed by atoms with Gasteiger partial charge in [-0.1, -0.05) is 56.7 Å². The molecule has 2 aliphatic rings. The van der Waals surface area contributed by atoms with Crippen LogP contribution in [0, 0.1) is 23.7 Å². The molecule has 0 bridgehead atoms. The zero-order valence-corrected chi connectivity index (χ0v) is 19.1. The number of hydrogen-bond donors (Lipinski definition) is 1. The Morgan fingerprint density at radius 1 is 1.25 bits per heavy atom. The molecule has 1 aliphatic heterocycles. The molecule has 5 nitrogen and oxygen atoms in total. The Morgan fingerprint density at radius 3 is 2.66 bits per heavy atom. The molecule has 2 fully saturated rings. The van der Waals surface area contributed by atoms with Crippen LogP contribution in [-0.2, 0) is 9.53 Å². The zero-order chi connectivity index (χ0) is 23.0. The highest BCUT2D eigenvalue weighted by atomic mass is 16.6. The van der Waals surface area contributed by atoms with Crippen LogP contribution in [0.1, 0.15) is 56.6 Å². The predicted octanol–water partition coefficient (Wildman–Crippen LogP) is 4.94. The van der Waals surface area contributed by atoms with Gasteiger partial charge in [0, 0.05) is 23.2 Å². The second kappa shape index (κ2) is 8.62. The molecular weight excluding hydrogens is 402 g/mol. The average Bonchev–Trinajstić information content (AvgIpc) is 2.99. The van der Waals surface area contributed by atoms with Crippen molar-refractivity contribution in [1.82, 2.24) is 4.98 Å². The molecule has 1 aromatic heterocycles. The number of carbonyl (C=O) groups excluding carboxylic acids is 2. The molecular formula is C27H31NO4. The molecule has 4 rings (SSSR count). The average molecular weight is 434 g/mol. The van der Waals surface area contributed by atoms with Crippen molar-refractivity contribution in [2.24, 2.45) is 23.7 Å². The van der Waals surface area contributed by atoms with E-state index in [-0.39, 0.29) is 29.6 Å². The maximum Gasteiger partial charge on any atom is 0.338 e. The minimum atomic E-state index is -1.41. The van der Waals surface area contributed by atoms with Crippen LogP contribution in [0.3, 0.4) is 0 Å². The Balaban J connectivity index is 1.62. The fourth-order valence-electron chi connectivity index (χ4n) is 5.86. The van der Waals surface area contributed by atoms with Gasteiger partial charge in [0.25, 0.3) is 0 Å². The Labute approximate surface area is 189 Å². The number of rotatable bonds is 5. The minimum absolute atomic E-state index is 0.0233. The highest BCUT2D eigenvalue weighted by Crippen LogP contribution is 2.52. The van der Waals surface area contributed by atoms with Crippen LogP contribution in [0.2, 0.25) is 0 Å². The first-order valence-corrected chi connectivity index (χ1v) is 11.4. The van der Waals surface area contributed by atoms with Gasteiger partial charge in [0.15, 0.2) is 11.4 Å². The van der Waals surface area contributed by atoms with Gasteiger partial charge in [0.2, 0.25) is 0 Å². The summed E-state index contributed by atoms with van der Waals surface area (Å²) in [6.07, 6.45) is 6.96. The van der Waals surface area contributed by atoms with E-state index >= 15 is 0 Å². The molecule has 0 spiro atoms. The number of aliphatic hydroxyl groups is 1. The monoisotopic (exact) mass is 433 g/mol. The van der Waals surface area contributed by atoms with Crippen molar-refractivity contribution < 1.29 is 19.4 Å². The first-order valence-electron chi connectivity index (χ1n) is 11.4. The van der Waals surface area contributed by atoms with Gasteiger partial charge in [-0.05, 0) is 55.7 Å². The van der Waals surface area contributed by atoms with Gasteiger partial charge in [-0.25, -0.2) is 4.79 Å². The molecule has 6 atom stereocenters. The fourth-order valence-corrected chi connectivity index (χ4v) is 5.86. The van der Waals surface area contributed by atoms with Crippen LogP contribution < -0.4 is 0 Å². The number of pyridine rings is 1. The molecule has 1 aliphatic carbocycles. The predicted molar refractivity (Wildman–Crippen MR) is 124 cm³/mol. The van der Waals surface area contributed by atoms with Gasteiger partial charge in [-0.15, -0.1) is 0 Å². The molecule has 1 aromatic carbocycles. The van der Waals surface area contributed by atoms with E-state index in [1.54, 1.807) is 13.1 Å². The molecule has 5 heteroatoms. The minimum Gasteiger partial charge on any atom is -0.460 e. The Hall–Kier alpha value is -2.79. The summed E-state index contributed by atoms with van der Waals surface area (Å²) in [5.74, 6) is -0.121. The van der Waals surface area contributed by atoms with Crippen molar-refractivity contribution in [3.05, 3.63) is 59.9 Å². The van der Waals surface area contributed by atoms with E-state index in [4.69, 9.17) is 4.74 Å². The fraction of sp³-hybridized carbons (Fsp3) is 0.444. The first kappa shape index (κ1) is 22.4. The lowest BCUT2D eigenvalue weighted by Crippen LogP contribution is -2.53. The Morgan fingerprint density at radius 2 is 2.00 bits per heavy atom. The lowest BCUT2D eigenvalue weighted by atomic mass is 9.59. The molecule has 2 heterocycles. The summed E-state index contributed by atoms with van der Waals surface area (Å²) in [5.41, 5.74) is 1.83. The van der Waals surface area contributed by atoms with Crippen molar-refractivity contribution in [3.8, 4) is 11.1 Å². The van der Waals surface area contributed by atoms with Crippen molar-refractivity contribution in [3.63, 3.8) is 0 Å². The van der Waals surface area contributed by atoms with E-state index in [1.165, 1.54) is 0 Å². The number of esters is 1. The number of fused-ring (bicyclic) bond motifs is 1. The summed E-state index contributed by atoms with van der Waals surface area (Å²) >= 11 is 0. The molecule has 1 saturated heterocycles. The molecule has 1 N–H and O–H groups in total. The number of cyclic esters (lactones) is 1. The smallest absolute Gasteiger partial charge is 0.338 e. The third kappa shape index (κ3) is 3.79. The van der Waals surface area contributed by atoms with Crippen LogP contribution >= 0.6 is 0 Å². The SMILES string of the molecule is CCC1C(C)CC2(O)C(=O)OC(C)C2C1/C=C/c1ccc(-c2ccccc2C(C)=O)cn1. The number of Topliss-reactive ketones (excluding diaryl/α,β-unsaturated/α-hetero) is 1. The molecule has 0 amide bonds. The topological polar surface area (TPSA) is 76.5 Å². The highest BCUT2D eigenvalue weighted by molar-refractivity contribution is 6.00. The van der Waals surface area contributed by atoms with Crippen LogP contribution in [0.4, 0.5) is 0 Å². The maximum absolute atomic E-state index is 12.4. The van der Waals surface area contributed by atoms with Gasteiger partial charge in [0.05, 0.1) is 5.69 Å². The lowest BCUT2D eigenvalue weighted by Gasteiger charge is -2.45. The number of ether oxygens (including phenoxy) is 1. The van der Waals surface area contributed by atoms with Crippen molar-refractivity contribution in [2.45, 2.75) is 52.2 Å². The van der Waals surface area contributed by atoms with E-state index < -0.39 is 11.6 Å². The summed E-state index contributed by atoms with van der Waals surface area (Å²) < 4.78 is 5.46. The van der Waals surface area contributed by atoms with Crippen molar-refractivity contribution in [1.29, 1.82) is 0 Å². The van der Waals surface area contributed by atoms with E-state index in [0.717, 1.165) is 23.2 Å². The van der Waals surface area contributed by atoms with Crippen LogP contribution in [0.15, 0.2) is 48.7 Å². The van der Waals surface area contributed by atoms with E-state index in [2.05, 4.69) is 24.9 Å². The number of aromatic nitrogens is 1. The number of benzene rings is 1. The molecule has 168 valence electrons. The third-order valence-electron chi connectivity index (χ3n) is 7.34. The maximum atomic E-state index is 12.4. The largest absolute Gasteiger partial charge is 0.460 e. The van der Waals surface area contributed by atoms with E-state index in [9.17, 15) is 14.7 Å². The van der Waals surface area contributed by atoms with Crippen LogP contribution in [-0.4, -0.2) is 33.5 Å². The van der Waals surface area contributed by atoms with Crippen molar-refractivity contribution >= 4 is 17.8 Å². The normalized spacial score (nSPS) is 32.0. The van der Waals surface area contributed by atoms with E-state index in [0.29, 0.717) is 17.9 Å². The van der Waals surface area contributed by atoms with E-state index in [1.807, 2.05) is 49.4 Å². The second-order valence-corrected chi connectivity index (χ2v) is 9.32. The van der Waals surface area contributed by atoms with Gasteiger partial charge in [-0.3, -0.25) is 9.78 Å². The summed E-state index contributed by atoms with van der Waals surface area (Å²) in [6, 6.07) is 11.4. The molecule has 0 radical (unpaired) electrons. The molecule has 2 aromatic rings. The highest BCUT2D eigenvalue weighted by Gasteiger charge is 2.62. The Kier molecular flexibility index (Phi) is 6.04. The van der Waals surface area contributed by atoms with Crippen molar-refractivity contribution in [2.75, 3.05) is 0 Å². The second-order valence-electron chi connectivity index (χ2n) is 9.32. The quantitative estimate of drug-likeness (QED) is 0.534. The molecule has 32 heavy (non-hydrogen) atoms. The Bertz CT molecular complexity index is 1040. The zero-order valence-electron chi connectivity index (χ0n) is 19.1. The number of nitrogens with zero attached hydrogens (tertiary/aromatic N) is 1.